The van der Waals surface area contributed by atoms with Gasteiger partial charge in [0.1, 0.15) is 6.04 Å². The zero-order valence-corrected chi connectivity index (χ0v) is 11.0. The minimum absolute atomic E-state index is 0.327. The van der Waals surface area contributed by atoms with Gasteiger partial charge in [0.25, 0.3) is 0 Å². The lowest BCUT2D eigenvalue weighted by molar-refractivity contribution is -0.117. The predicted octanol–water partition coefficient (Wildman–Crippen LogP) is 1.76. The average molecular weight is 283 g/mol. The molecule has 3 aromatic rings. The number of nitrogens with one attached hydrogen (secondary N) is 2. The smallest absolute Gasteiger partial charge is 0.408 e. The van der Waals surface area contributed by atoms with E-state index in [1.165, 1.54) is 0 Å². The van der Waals surface area contributed by atoms with E-state index in [1.807, 2.05) is 18.2 Å². The highest BCUT2D eigenvalue weighted by Crippen LogP contribution is 2.18. The first-order chi connectivity index (χ1) is 10.1. The maximum Gasteiger partial charge on any atom is 0.417 e. The van der Waals surface area contributed by atoms with Crippen molar-refractivity contribution in [3.8, 4) is 0 Å². The molecular formula is C15H13N3O3. The van der Waals surface area contributed by atoms with Crippen LogP contribution in [0, 0.1) is 0 Å². The number of H-pyrrole nitrogens is 1. The van der Waals surface area contributed by atoms with Gasteiger partial charge in [-0.15, -0.1) is 0 Å². The average Bonchev–Trinajstić information content (AvgIpc) is 2.86. The molecular weight excluding hydrogens is 270 g/mol. The molecule has 2 aromatic carbocycles. The molecule has 0 saturated carbocycles. The maximum atomic E-state index is 12.1. The van der Waals surface area contributed by atoms with Crippen molar-refractivity contribution in [1.29, 1.82) is 0 Å². The number of rotatable bonds is 3. The second kappa shape index (κ2) is 5.26. The molecule has 1 atom stereocenters. The normalized spacial score (nSPS) is 12.2. The van der Waals surface area contributed by atoms with Crippen molar-refractivity contribution < 1.29 is 9.21 Å². The molecule has 6 heteroatoms. The van der Waals surface area contributed by atoms with Gasteiger partial charge in [0, 0.05) is 5.69 Å². The summed E-state index contributed by atoms with van der Waals surface area (Å²) in [4.78, 5) is 25.7. The Labute approximate surface area is 119 Å². The lowest BCUT2D eigenvalue weighted by atomic mass is 10.1. The summed E-state index contributed by atoms with van der Waals surface area (Å²) >= 11 is 0. The van der Waals surface area contributed by atoms with Crippen LogP contribution in [0.4, 0.5) is 5.69 Å². The van der Waals surface area contributed by atoms with Gasteiger partial charge in [-0.05, 0) is 23.8 Å². The molecule has 0 radical (unpaired) electrons. The van der Waals surface area contributed by atoms with Crippen LogP contribution < -0.4 is 16.8 Å². The largest absolute Gasteiger partial charge is 0.417 e. The molecule has 0 saturated heterocycles. The highest BCUT2D eigenvalue weighted by Gasteiger charge is 2.15. The van der Waals surface area contributed by atoms with Crippen LogP contribution in [0.15, 0.2) is 57.7 Å². The lowest BCUT2D eigenvalue weighted by Gasteiger charge is -2.12. The van der Waals surface area contributed by atoms with Crippen molar-refractivity contribution in [1.82, 2.24) is 4.98 Å². The highest BCUT2D eigenvalue weighted by atomic mass is 16.4. The summed E-state index contributed by atoms with van der Waals surface area (Å²) < 4.78 is 4.90. The van der Waals surface area contributed by atoms with Gasteiger partial charge in [-0.2, -0.15) is 0 Å². The molecule has 4 N–H and O–H groups in total. The van der Waals surface area contributed by atoms with Gasteiger partial charge < -0.3 is 15.5 Å². The second-order valence-corrected chi connectivity index (χ2v) is 4.60. The Morgan fingerprint density at radius 1 is 1.19 bits per heavy atom. The van der Waals surface area contributed by atoms with Crippen LogP contribution in [0.5, 0.6) is 0 Å². The van der Waals surface area contributed by atoms with Crippen LogP contribution in [0.3, 0.4) is 0 Å². The van der Waals surface area contributed by atoms with Crippen LogP contribution in [0.1, 0.15) is 11.6 Å². The van der Waals surface area contributed by atoms with E-state index >= 15 is 0 Å². The quantitative estimate of drug-likeness (QED) is 0.681. The lowest BCUT2D eigenvalue weighted by Crippen LogP contribution is -2.27. The molecule has 0 unspecified atom stereocenters. The monoisotopic (exact) mass is 283 g/mol. The van der Waals surface area contributed by atoms with Gasteiger partial charge in [-0.25, -0.2) is 4.79 Å². The van der Waals surface area contributed by atoms with E-state index in [1.54, 1.807) is 30.3 Å². The first-order valence-electron chi connectivity index (χ1n) is 6.38. The molecule has 0 spiro atoms. The number of anilines is 1. The van der Waals surface area contributed by atoms with E-state index in [0.717, 1.165) is 5.56 Å². The molecule has 0 fully saturated rings. The second-order valence-electron chi connectivity index (χ2n) is 4.60. The molecule has 0 aliphatic heterocycles. The van der Waals surface area contributed by atoms with Crippen LogP contribution in [-0.4, -0.2) is 10.9 Å². The Kier molecular flexibility index (Phi) is 3.29. The third-order valence-corrected chi connectivity index (χ3v) is 3.13. The molecule has 3 rings (SSSR count). The van der Waals surface area contributed by atoms with Gasteiger partial charge in [0.05, 0.1) is 5.52 Å². The maximum absolute atomic E-state index is 12.1. The fourth-order valence-electron chi connectivity index (χ4n) is 2.06. The minimum Gasteiger partial charge on any atom is -0.408 e. The number of oxazole rings is 1. The number of aromatic amines is 1. The summed E-state index contributed by atoms with van der Waals surface area (Å²) in [6.45, 7) is 0. The van der Waals surface area contributed by atoms with Crippen molar-refractivity contribution in [2.45, 2.75) is 6.04 Å². The SMILES string of the molecule is N[C@@H](C(=O)Nc1ccc2oc(=O)[nH]c2c1)c1ccccc1. The summed E-state index contributed by atoms with van der Waals surface area (Å²) in [6, 6.07) is 13.2. The van der Waals surface area contributed by atoms with E-state index in [0.29, 0.717) is 16.8 Å². The molecule has 106 valence electrons. The minimum atomic E-state index is -0.759. The zero-order valence-electron chi connectivity index (χ0n) is 11.0. The molecule has 0 aliphatic carbocycles. The van der Waals surface area contributed by atoms with Crippen molar-refractivity contribution in [3.05, 3.63) is 64.6 Å². The third-order valence-electron chi connectivity index (χ3n) is 3.13. The first-order valence-corrected chi connectivity index (χ1v) is 6.38. The Balaban J connectivity index is 1.81. The van der Waals surface area contributed by atoms with Crippen molar-refractivity contribution in [2.24, 2.45) is 5.73 Å². The van der Waals surface area contributed by atoms with E-state index in [4.69, 9.17) is 10.2 Å². The number of carbonyl (C=O) groups excluding carboxylic acids is 1. The summed E-state index contributed by atoms with van der Waals surface area (Å²) in [7, 11) is 0. The molecule has 0 bridgehead atoms. The van der Waals surface area contributed by atoms with E-state index < -0.39 is 11.8 Å². The topological polar surface area (TPSA) is 101 Å². The molecule has 21 heavy (non-hydrogen) atoms. The van der Waals surface area contributed by atoms with E-state index in [9.17, 15) is 9.59 Å². The molecule has 0 aliphatic rings. The standard InChI is InChI=1S/C15H13N3O3/c16-13(9-4-2-1-3-5-9)14(19)17-10-6-7-12-11(8-10)18-15(20)21-12/h1-8,13H,16H2,(H,17,19)(H,18,20)/t13-/m1/s1. The van der Waals surface area contributed by atoms with Crippen LogP contribution in [-0.2, 0) is 4.79 Å². The van der Waals surface area contributed by atoms with Gasteiger partial charge >= 0.3 is 5.76 Å². The summed E-state index contributed by atoms with van der Waals surface area (Å²) in [6.07, 6.45) is 0. The van der Waals surface area contributed by atoms with E-state index in [-0.39, 0.29) is 5.91 Å². The van der Waals surface area contributed by atoms with Crippen molar-refractivity contribution >= 4 is 22.7 Å². The molecule has 6 nitrogen and oxygen atoms in total. The summed E-state index contributed by atoms with van der Waals surface area (Å²) in [5.74, 6) is -0.860. The number of hydrogen-bond donors (Lipinski definition) is 3. The van der Waals surface area contributed by atoms with Gasteiger partial charge in [-0.3, -0.25) is 9.78 Å². The fourth-order valence-corrected chi connectivity index (χ4v) is 2.06. The van der Waals surface area contributed by atoms with Crippen LogP contribution >= 0.6 is 0 Å². The number of benzene rings is 2. The molecule has 1 aromatic heterocycles. The van der Waals surface area contributed by atoms with Crippen molar-refractivity contribution in [3.63, 3.8) is 0 Å². The molecule has 1 heterocycles. The predicted molar refractivity (Wildman–Crippen MR) is 78.8 cm³/mol. The van der Waals surface area contributed by atoms with Gasteiger partial charge in [0.2, 0.25) is 5.91 Å². The number of nitrogens with two attached hydrogens (primary N) is 1. The summed E-state index contributed by atoms with van der Waals surface area (Å²) in [5, 5.41) is 2.71. The molecule has 1 amide bonds. The van der Waals surface area contributed by atoms with E-state index in [2.05, 4.69) is 10.3 Å². The Hall–Kier alpha value is -2.86. The van der Waals surface area contributed by atoms with Gasteiger partial charge in [-0.1, -0.05) is 30.3 Å². The fraction of sp³-hybridized carbons (Fsp3) is 0.0667. The Bertz CT molecular complexity index is 836. The first kappa shape index (κ1) is 13.1. The number of fused-ring (bicyclic) bond motifs is 1. The third kappa shape index (κ3) is 2.70. The number of amides is 1. The zero-order chi connectivity index (χ0) is 14.8. The Morgan fingerprint density at radius 3 is 2.71 bits per heavy atom. The number of aromatic nitrogens is 1. The van der Waals surface area contributed by atoms with Crippen molar-refractivity contribution in [2.75, 3.05) is 5.32 Å². The number of carbonyl (C=O) groups is 1. The van der Waals surface area contributed by atoms with Crippen LogP contribution in [0.2, 0.25) is 0 Å². The number of hydrogen-bond acceptors (Lipinski definition) is 4. The van der Waals surface area contributed by atoms with Crippen LogP contribution in [0.25, 0.3) is 11.1 Å². The Morgan fingerprint density at radius 2 is 1.95 bits per heavy atom. The van der Waals surface area contributed by atoms with Gasteiger partial charge in [0.15, 0.2) is 5.58 Å². The summed E-state index contributed by atoms with van der Waals surface area (Å²) in [5.41, 5.74) is 8.14. The highest BCUT2D eigenvalue weighted by molar-refractivity contribution is 5.96.